The van der Waals surface area contributed by atoms with Crippen molar-refractivity contribution < 1.29 is 19.1 Å². The first-order chi connectivity index (χ1) is 16.9. The fraction of sp³-hybridized carbons (Fsp3) is 0.0769. The highest BCUT2D eigenvalue weighted by Crippen LogP contribution is 2.34. The number of hydrazone groups is 1. The summed E-state index contributed by atoms with van der Waals surface area (Å²) in [6, 6.07) is 21.2. The Morgan fingerprint density at radius 3 is 2.43 bits per heavy atom. The Labute approximate surface area is 210 Å². The van der Waals surface area contributed by atoms with Crippen LogP contribution in [-0.2, 0) is 4.79 Å². The zero-order valence-corrected chi connectivity index (χ0v) is 20.2. The molecule has 2 N–H and O–H groups in total. The Balaban J connectivity index is 1.25. The summed E-state index contributed by atoms with van der Waals surface area (Å²) in [7, 11) is 0. The van der Waals surface area contributed by atoms with Crippen molar-refractivity contribution in [2.24, 2.45) is 5.10 Å². The number of hydrogen-bond acceptors (Lipinski definition) is 6. The summed E-state index contributed by atoms with van der Waals surface area (Å²) in [5.74, 6) is -0.974. The van der Waals surface area contributed by atoms with Crippen LogP contribution in [-0.4, -0.2) is 30.5 Å². The molecule has 7 nitrogen and oxygen atoms in total. The number of nitrogens with one attached hydrogen (secondary N) is 2. The van der Waals surface area contributed by atoms with E-state index in [1.807, 2.05) is 43.3 Å². The Bertz CT molecular complexity index is 1410. The zero-order valence-electron chi connectivity index (χ0n) is 18.6. The minimum Gasteiger partial charge on any atom is -0.423 e. The number of ether oxygens (including phenoxy) is 1. The molecule has 0 atom stereocenters. The normalized spacial score (nSPS) is 10.9. The minimum absolute atomic E-state index is 0.255. The van der Waals surface area contributed by atoms with Gasteiger partial charge in [0, 0.05) is 10.1 Å². The van der Waals surface area contributed by atoms with Gasteiger partial charge in [-0.2, -0.15) is 5.10 Å². The summed E-state index contributed by atoms with van der Waals surface area (Å²) >= 11 is 7.56. The van der Waals surface area contributed by atoms with Crippen LogP contribution in [0.4, 0.5) is 0 Å². The average molecular weight is 506 g/mol. The molecule has 4 aromatic rings. The average Bonchev–Trinajstić information content (AvgIpc) is 3.20. The molecule has 9 heteroatoms. The molecular weight excluding hydrogens is 486 g/mol. The lowest BCUT2D eigenvalue weighted by molar-refractivity contribution is -0.120. The van der Waals surface area contributed by atoms with Crippen LogP contribution in [0.2, 0.25) is 5.02 Å². The lowest BCUT2D eigenvalue weighted by Crippen LogP contribution is -2.34. The number of esters is 1. The number of fused-ring (bicyclic) bond motifs is 1. The number of hydrogen-bond donors (Lipinski definition) is 2. The summed E-state index contributed by atoms with van der Waals surface area (Å²) < 4.78 is 6.25. The molecule has 0 radical (unpaired) electrons. The van der Waals surface area contributed by atoms with Crippen molar-refractivity contribution in [2.45, 2.75) is 6.92 Å². The monoisotopic (exact) mass is 505 g/mol. The number of carbonyl (C=O) groups is 3. The van der Waals surface area contributed by atoms with Crippen molar-refractivity contribution >= 4 is 57.0 Å². The molecule has 0 aliphatic heterocycles. The SMILES string of the molecule is Cc1ccc(C(=O)Oc2ccc(/C=N/NC(=O)CNC(=O)c3sc4ccccc4c3Cl)cc2)cc1. The third-order valence-corrected chi connectivity index (χ3v) is 6.61. The molecule has 0 spiro atoms. The van der Waals surface area contributed by atoms with E-state index in [1.165, 1.54) is 17.6 Å². The summed E-state index contributed by atoms with van der Waals surface area (Å²) in [4.78, 5) is 37.0. The highest BCUT2D eigenvalue weighted by molar-refractivity contribution is 7.21. The Kier molecular flexibility index (Phi) is 7.54. The van der Waals surface area contributed by atoms with Gasteiger partial charge in [0.25, 0.3) is 11.8 Å². The number of benzene rings is 3. The van der Waals surface area contributed by atoms with Gasteiger partial charge in [-0.25, -0.2) is 10.2 Å². The number of aryl methyl sites for hydroxylation is 1. The predicted octanol–water partition coefficient (Wildman–Crippen LogP) is 4.96. The Morgan fingerprint density at radius 1 is 1.00 bits per heavy atom. The largest absolute Gasteiger partial charge is 0.423 e. The van der Waals surface area contributed by atoms with E-state index in [9.17, 15) is 14.4 Å². The first-order valence-electron chi connectivity index (χ1n) is 10.6. The number of halogens is 1. The van der Waals surface area contributed by atoms with E-state index in [1.54, 1.807) is 36.4 Å². The maximum absolute atomic E-state index is 12.4. The van der Waals surface area contributed by atoms with Crippen molar-refractivity contribution in [1.29, 1.82) is 0 Å². The van der Waals surface area contributed by atoms with Gasteiger partial charge in [-0.1, -0.05) is 47.5 Å². The van der Waals surface area contributed by atoms with Crippen molar-refractivity contribution in [3.63, 3.8) is 0 Å². The first kappa shape index (κ1) is 24.1. The molecule has 0 saturated carbocycles. The zero-order chi connectivity index (χ0) is 24.8. The van der Waals surface area contributed by atoms with E-state index in [0.717, 1.165) is 15.6 Å². The minimum atomic E-state index is -0.490. The molecule has 176 valence electrons. The molecular formula is C26H20ClN3O4S. The van der Waals surface area contributed by atoms with Crippen molar-refractivity contribution in [2.75, 3.05) is 6.54 Å². The maximum atomic E-state index is 12.4. The predicted molar refractivity (Wildman–Crippen MR) is 137 cm³/mol. The van der Waals surface area contributed by atoms with Crippen LogP contribution in [0.5, 0.6) is 5.75 Å². The molecule has 0 saturated heterocycles. The lowest BCUT2D eigenvalue weighted by Gasteiger charge is -2.05. The van der Waals surface area contributed by atoms with Gasteiger partial charge in [0.2, 0.25) is 0 Å². The molecule has 0 aliphatic rings. The smallest absolute Gasteiger partial charge is 0.343 e. The molecule has 1 heterocycles. The molecule has 2 amide bonds. The van der Waals surface area contributed by atoms with Crippen LogP contribution in [0.1, 0.15) is 31.2 Å². The van der Waals surface area contributed by atoms with Crippen molar-refractivity contribution in [3.05, 3.63) is 99.4 Å². The molecule has 0 unspecified atom stereocenters. The second kappa shape index (κ2) is 10.9. The summed E-state index contributed by atoms with van der Waals surface area (Å²) in [5, 5.41) is 7.60. The first-order valence-corrected chi connectivity index (χ1v) is 11.8. The summed E-state index contributed by atoms with van der Waals surface area (Å²) in [6.45, 7) is 1.69. The Morgan fingerprint density at radius 2 is 1.71 bits per heavy atom. The standard InChI is InChI=1S/C26H20ClN3O4S/c1-16-6-10-18(11-7-16)26(33)34-19-12-8-17(9-13-19)14-29-30-22(31)15-28-25(32)24-23(27)20-4-2-3-5-21(20)35-24/h2-14H,15H2,1H3,(H,28,32)(H,30,31)/b29-14+. The third kappa shape index (κ3) is 6.11. The van der Waals surface area contributed by atoms with E-state index < -0.39 is 17.8 Å². The van der Waals surface area contributed by atoms with Gasteiger partial charge in [-0.05, 0) is 55.0 Å². The topological polar surface area (TPSA) is 96.9 Å². The molecule has 35 heavy (non-hydrogen) atoms. The Hall–Kier alpha value is -4.01. The van der Waals surface area contributed by atoms with Gasteiger partial charge in [0.15, 0.2) is 0 Å². The van der Waals surface area contributed by atoms with E-state index in [2.05, 4.69) is 15.8 Å². The van der Waals surface area contributed by atoms with Crippen LogP contribution < -0.4 is 15.5 Å². The van der Waals surface area contributed by atoms with Crippen LogP contribution in [0, 0.1) is 6.92 Å². The third-order valence-electron chi connectivity index (χ3n) is 4.93. The number of amides is 2. The van der Waals surface area contributed by atoms with E-state index in [-0.39, 0.29) is 6.54 Å². The molecule has 0 aliphatic carbocycles. The van der Waals surface area contributed by atoms with Crippen molar-refractivity contribution in [3.8, 4) is 5.75 Å². The quantitative estimate of drug-likeness (QED) is 0.160. The van der Waals surface area contributed by atoms with Crippen LogP contribution in [0.15, 0.2) is 77.9 Å². The van der Waals surface area contributed by atoms with Crippen LogP contribution in [0.25, 0.3) is 10.1 Å². The molecule has 4 rings (SSSR count). The number of carbonyl (C=O) groups excluding carboxylic acids is 3. The number of nitrogens with zero attached hydrogens (tertiary/aromatic N) is 1. The van der Waals surface area contributed by atoms with Crippen molar-refractivity contribution in [1.82, 2.24) is 10.7 Å². The van der Waals surface area contributed by atoms with E-state index >= 15 is 0 Å². The lowest BCUT2D eigenvalue weighted by atomic mass is 10.1. The van der Waals surface area contributed by atoms with Crippen LogP contribution in [0.3, 0.4) is 0 Å². The summed E-state index contributed by atoms with van der Waals surface area (Å²) in [6.07, 6.45) is 1.44. The highest BCUT2D eigenvalue weighted by atomic mass is 35.5. The maximum Gasteiger partial charge on any atom is 0.343 e. The van der Waals surface area contributed by atoms with Gasteiger partial charge < -0.3 is 10.1 Å². The second-order valence-corrected chi connectivity index (χ2v) is 8.97. The van der Waals surface area contributed by atoms with Gasteiger partial charge >= 0.3 is 5.97 Å². The van der Waals surface area contributed by atoms with Gasteiger partial charge in [0.05, 0.1) is 23.3 Å². The van der Waals surface area contributed by atoms with E-state index in [4.69, 9.17) is 16.3 Å². The van der Waals surface area contributed by atoms with Gasteiger partial charge in [0.1, 0.15) is 10.6 Å². The van der Waals surface area contributed by atoms with Gasteiger partial charge in [-0.15, -0.1) is 11.3 Å². The fourth-order valence-corrected chi connectivity index (χ4v) is 4.53. The summed E-state index contributed by atoms with van der Waals surface area (Å²) in [5.41, 5.74) is 4.55. The van der Waals surface area contributed by atoms with E-state index in [0.29, 0.717) is 26.8 Å². The fourth-order valence-electron chi connectivity index (χ4n) is 3.10. The second-order valence-electron chi connectivity index (χ2n) is 7.54. The molecule has 0 fully saturated rings. The van der Waals surface area contributed by atoms with Crippen LogP contribution >= 0.6 is 22.9 Å². The number of rotatable bonds is 7. The molecule has 3 aromatic carbocycles. The molecule has 1 aromatic heterocycles. The van der Waals surface area contributed by atoms with Gasteiger partial charge in [-0.3, -0.25) is 9.59 Å². The number of thiophene rings is 1. The highest BCUT2D eigenvalue weighted by Gasteiger charge is 2.17. The molecule has 0 bridgehead atoms.